The van der Waals surface area contributed by atoms with Gasteiger partial charge in [0.05, 0.1) is 0 Å². The van der Waals surface area contributed by atoms with E-state index >= 15 is 0 Å². The zero-order valence-electron chi connectivity index (χ0n) is 12.1. The molecule has 1 N–H and O–H groups in total. The lowest BCUT2D eigenvalue weighted by Crippen LogP contribution is -2.53. The lowest BCUT2D eigenvalue weighted by Gasteiger charge is -2.37. The molecule has 0 aromatic heterocycles. The molecule has 3 aliphatic rings. The van der Waals surface area contributed by atoms with E-state index in [0.717, 1.165) is 45.6 Å². The third kappa shape index (κ3) is 2.97. The van der Waals surface area contributed by atoms with Crippen LogP contribution in [0.3, 0.4) is 0 Å². The first-order valence-corrected chi connectivity index (χ1v) is 8.02. The van der Waals surface area contributed by atoms with Gasteiger partial charge in [-0.1, -0.05) is 0 Å². The predicted molar refractivity (Wildman–Crippen MR) is 76.1 cm³/mol. The highest BCUT2D eigenvalue weighted by molar-refractivity contribution is 5.80. The van der Waals surface area contributed by atoms with Crippen LogP contribution in [0, 0.1) is 5.92 Å². The van der Waals surface area contributed by atoms with E-state index in [-0.39, 0.29) is 17.9 Å². The van der Waals surface area contributed by atoms with Gasteiger partial charge in [-0.25, -0.2) is 0 Å². The molecule has 5 nitrogen and oxygen atoms in total. The number of fused-ring (bicyclic) bond motifs is 1. The average molecular weight is 279 g/mol. The van der Waals surface area contributed by atoms with Crippen LogP contribution < -0.4 is 5.32 Å². The van der Waals surface area contributed by atoms with E-state index in [4.69, 9.17) is 0 Å². The molecule has 0 aromatic rings. The maximum absolute atomic E-state index is 12.3. The van der Waals surface area contributed by atoms with Crippen molar-refractivity contribution in [1.82, 2.24) is 15.1 Å². The van der Waals surface area contributed by atoms with Crippen LogP contribution in [-0.4, -0.2) is 60.4 Å². The monoisotopic (exact) mass is 279 g/mol. The van der Waals surface area contributed by atoms with Gasteiger partial charge in [0.25, 0.3) is 0 Å². The predicted octanol–water partition coefficient (Wildman–Crippen LogP) is 0.599. The summed E-state index contributed by atoms with van der Waals surface area (Å²) in [6.45, 7) is 4.41. The Morgan fingerprint density at radius 1 is 1.30 bits per heavy atom. The number of nitrogens with zero attached hydrogens (tertiary/aromatic N) is 2. The molecule has 112 valence electrons. The Morgan fingerprint density at radius 2 is 2.20 bits per heavy atom. The molecule has 0 aliphatic carbocycles. The van der Waals surface area contributed by atoms with E-state index in [1.807, 2.05) is 9.80 Å². The molecule has 0 spiro atoms. The van der Waals surface area contributed by atoms with Gasteiger partial charge in [0, 0.05) is 38.5 Å². The summed E-state index contributed by atoms with van der Waals surface area (Å²) in [5.74, 6) is 1.23. The molecule has 0 saturated carbocycles. The van der Waals surface area contributed by atoms with E-state index in [2.05, 4.69) is 5.32 Å². The van der Waals surface area contributed by atoms with Gasteiger partial charge in [0.15, 0.2) is 0 Å². The summed E-state index contributed by atoms with van der Waals surface area (Å²) in [6, 6.07) is 0.288. The summed E-state index contributed by atoms with van der Waals surface area (Å²) in [6.07, 6.45) is 5.77. The number of piperazine rings is 1. The summed E-state index contributed by atoms with van der Waals surface area (Å²) in [4.78, 5) is 27.9. The van der Waals surface area contributed by atoms with Crippen LogP contribution >= 0.6 is 0 Å². The summed E-state index contributed by atoms with van der Waals surface area (Å²) in [5, 5.41) is 3.40. The quantitative estimate of drug-likeness (QED) is 0.823. The maximum Gasteiger partial charge on any atom is 0.223 e. The SMILES string of the molecule is O=C(CCC1CCCNC1)N1CCN2C(=O)CCC2C1. The first-order valence-electron chi connectivity index (χ1n) is 8.02. The zero-order chi connectivity index (χ0) is 13.9. The highest BCUT2D eigenvalue weighted by Gasteiger charge is 2.36. The first-order chi connectivity index (χ1) is 9.74. The van der Waals surface area contributed by atoms with Gasteiger partial charge < -0.3 is 15.1 Å². The molecule has 3 heterocycles. The van der Waals surface area contributed by atoms with Gasteiger partial charge in [0.2, 0.25) is 11.8 Å². The van der Waals surface area contributed by atoms with Crippen LogP contribution in [0.15, 0.2) is 0 Å². The van der Waals surface area contributed by atoms with Crippen molar-refractivity contribution in [2.24, 2.45) is 5.92 Å². The summed E-state index contributed by atoms with van der Waals surface area (Å²) < 4.78 is 0. The van der Waals surface area contributed by atoms with Crippen LogP contribution in [0.2, 0.25) is 0 Å². The van der Waals surface area contributed by atoms with Crippen molar-refractivity contribution >= 4 is 11.8 Å². The summed E-state index contributed by atoms with van der Waals surface area (Å²) in [7, 11) is 0. The fourth-order valence-electron chi connectivity index (χ4n) is 3.75. The van der Waals surface area contributed by atoms with Crippen LogP contribution in [-0.2, 0) is 9.59 Å². The summed E-state index contributed by atoms with van der Waals surface area (Å²) in [5.41, 5.74) is 0. The number of hydrogen-bond acceptors (Lipinski definition) is 3. The fraction of sp³-hybridized carbons (Fsp3) is 0.867. The Kier molecular flexibility index (Phi) is 4.24. The van der Waals surface area contributed by atoms with Gasteiger partial charge in [-0.15, -0.1) is 0 Å². The van der Waals surface area contributed by atoms with Gasteiger partial charge in [-0.3, -0.25) is 9.59 Å². The Balaban J connectivity index is 1.44. The molecule has 3 saturated heterocycles. The maximum atomic E-state index is 12.3. The molecule has 20 heavy (non-hydrogen) atoms. The molecule has 2 atom stereocenters. The van der Waals surface area contributed by atoms with Crippen molar-refractivity contribution in [1.29, 1.82) is 0 Å². The molecule has 2 amide bonds. The Bertz CT molecular complexity index is 379. The minimum Gasteiger partial charge on any atom is -0.339 e. The number of amides is 2. The molecule has 2 unspecified atom stereocenters. The number of piperidine rings is 1. The molecule has 0 bridgehead atoms. The van der Waals surface area contributed by atoms with Crippen molar-refractivity contribution in [2.45, 2.75) is 44.6 Å². The average Bonchev–Trinajstić information content (AvgIpc) is 2.87. The minimum atomic E-state index is 0.273. The van der Waals surface area contributed by atoms with E-state index < -0.39 is 0 Å². The van der Waals surface area contributed by atoms with Crippen molar-refractivity contribution in [3.63, 3.8) is 0 Å². The number of carbonyl (C=O) groups excluding carboxylic acids is 2. The lowest BCUT2D eigenvalue weighted by atomic mass is 9.94. The Labute approximate surface area is 120 Å². The van der Waals surface area contributed by atoms with Gasteiger partial charge in [-0.05, 0) is 44.7 Å². The van der Waals surface area contributed by atoms with Gasteiger partial charge in [0.1, 0.15) is 0 Å². The second-order valence-electron chi connectivity index (χ2n) is 6.37. The minimum absolute atomic E-state index is 0.273. The zero-order valence-corrected chi connectivity index (χ0v) is 12.1. The second kappa shape index (κ2) is 6.12. The molecule has 5 heteroatoms. The fourth-order valence-corrected chi connectivity index (χ4v) is 3.75. The standard InChI is InChI=1S/C15H25N3O2/c19-14(5-3-12-2-1-7-16-10-12)17-8-9-18-13(11-17)4-6-15(18)20/h12-13,16H,1-11H2. The number of hydrogen-bond donors (Lipinski definition) is 1. The van der Waals surface area contributed by atoms with E-state index in [1.165, 1.54) is 12.8 Å². The molecular formula is C15H25N3O2. The third-order valence-corrected chi connectivity index (χ3v) is 5.01. The van der Waals surface area contributed by atoms with E-state index in [9.17, 15) is 9.59 Å². The Hall–Kier alpha value is -1.10. The molecule has 3 rings (SSSR count). The third-order valence-electron chi connectivity index (χ3n) is 5.01. The molecule has 0 radical (unpaired) electrons. The number of carbonyl (C=O) groups is 2. The molecule has 0 aromatic carbocycles. The molecular weight excluding hydrogens is 254 g/mol. The second-order valence-corrected chi connectivity index (χ2v) is 6.37. The molecule has 3 fully saturated rings. The largest absolute Gasteiger partial charge is 0.339 e. The highest BCUT2D eigenvalue weighted by Crippen LogP contribution is 2.24. The van der Waals surface area contributed by atoms with E-state index in [1.54, 1.807) is 0 Å². The van der Waals surface area contributed by atoms with Gasteiger partial charge in [-0.2, -0.15) is 0 Å². The molecule has 3 aliphatic heterocycles. The topological polar surface area (TPSA) is 52.7 Å². The smallest absolute Gasteiger partial charge is 0.223 e. The van der Waals surface area contributed by atoms with Gasteiger partial charge >= 0.3 is 0 Å². The van der Waals surface area contributed by atoms with Crippen LogP contribution in [0.25, 0.3) is 0 Å². The normalized spacial score (nSPS) is 30.5. The summed E-state index contributed by atoms with van der Waals surface area (Å²) >= 11 is 0. The number of rotatable bonds is 3. The van der Waals surface area contributed by atoms with Crippen molar-refractivity contribution in [3.05, 3.63) is 0 Å². The van der Waals surface area contributed by atoms with E-state index in [0.29, 0.717) is 18.8 Å². The lowest BCUT2D eigenvalue weighted by molar-refractivity contribution is -0.139. The number of nitrogens with one attached hydrogen (secondary N) is 1. The van der Waals surface area contributed by atoms with Crippen molar-refractivity contribution < 1.29 is 9.59 Å². The van der Waals surface area contributed by atoms with Crippen molar-refractivity contribution in [2.75, 3.05) is 32.7 Å². The Morgan fingerprint density at radius 3 is 3.00 bits per heavy atom. The van der Waals surface area contributed by atoms with Crippen LogP contribution in [0.4, 0.5) is 0 Å². The highest BCUT2D eigenvalue weighted by atomic mass is 16.2. The first kappa shape index (κ1) is 13.9. The van der Waals surface area contributed by atoms with Crippen molar-refractivity contribution in [3.8, 4) is 0 Å². The van der Waals surface area contributed by atoms with Crippen LogP contribution in [0.1, 0.15) is 38.5 Å². The van der Waals surface area contributed by atoms with Crippen LogP contribution in [0.5, 0.6) is 0 Å².